The summed E-state index contributed by atoms with van der Waals surface area (Å²) in [6, 6.07) is 10.8. The second kappa shape index (κ2) is 3.72. The SMILES string of the molecule is C[Si](C)(C)[Si]([Si])c1ccccc1. The van der Waals surface area contributed by atoms with Crippen LogP contribution in [0, 0.1) is 0 Å². The number of hydrogen-bond donors (Lipinski definition) is 0. The first-order valence-electron chi connectivity index (χ1n) is 4.16. The van der Waals surface area contributed by atoms with E-state index in [4.69, 9.17) is 0 Å². The van der Waals surface area contributed by atoms with Crippen LogP contribution in [0.5, 0.6) is 0 Å². The minimum atomic E-state index is -0.986. The summed E-state index contributed by atoms with van der Waals surface area (Å²) < 4.78 is 0. The van der Waals surface area contributed by atoms with Crippen LogP contribution in [-0.4, -0.2) is 25.2 Å². The number of hydrogen-bond acceptors (Lipinski definition) is 0. The molecule has 0 atom stereocenters. The van der Waals surface area contributed by atoms with Gasteiger partial charge in [0, 0.05) is 17.4 Å². The average Bonchev–Trinajstić information content (AvgIpc) is 2.03. The van der Waals surface area contributed by atoms with E-state index in [2.05, 4.69) is 59.7 Å². The molecule has 0 aliphatic heterocycles. The van der Waals surface area contributed by atoms with E-state index in [0.717, 1.165) is 0 Å². The quantitative estimate of drug-likeness (QED) is 0.643. The first-order valence-corrected chi connectivity index (χ1v) is 11.7. The standard InChI is InChI=1S/C9H14Si3/c1-12(2,3)11(10)9-7-5-4-6-8-9/h4-8H,1-3H3. The van der Waals surface area contributed by atoms with Crippen molar-refractivity contribution in [1.29, 1.82) is 0 Å². The molecular formula is C9H14Si3. The zero-order chi connectivity index (χ0) is 9.19. The van der Waals surface area contributed by atoms with E-state index in [1.807, 2.05) is 0 Å². The maximum absolute atomic E-state index is 3.92. The molecule has 0 nitrogen and oxygen atoms in total. The molecule has 0 saturated heterocycles. The minimum absolute atomic E-state index is 0.438. The molecule has 1 aromatic rings. The van der Waals surface area contributed by atoms with Gasteiger partial charge in [0.15, 0.2) is 0 Å². The van der Waals surface area contributed by atoms with E-state index in [0.29, 0.717) is 0 Å². The third-order valence-electron chi connectivity index (χ3n) is 1.81. The summed E-state index contributed by atoms with van der Waals surface area (Å²) in [6.45, 7) is 7.25. The first kappa shape index (κ1) is 9.95. The van der Waals surface area contributed by atoms with Crippen molar-refractivity contribution in [3.05, 3.63) is 30.3 Å². The molecule has 0 aliphatic carbocycles. The Morgan fingerprint density at radius 1 is 1.08 bits per heavy atom. The Labute approximate surface area is 80.6 Å². The van der Waals surface area contributed by atoms with Crippen molar-refractivity contribution in [3.8, 4) is 0 Å². The third-order valence-corrected chi connectivity index (χ3v) is 17.2. The van der Waals surface area contributed by atoms with Gasteiger partial charge in [-0.1, -0.05) is 55.2 Å². The molecule has 0 spiro atoms. The van der Waals surface area contributed by atoms with Crippen LogP contribution >= 0.6 is 0 Å². The van der Waals surface area contributed by atoms with Crippen molar-refractivity contribution in [2.24, 2.45) is 0 Å². The largest absolute Gasteiger partial charge is 0.0716 e. The highest BCUT2D eigenvalue weighted by molar-refractivity contribution is 7.52. The van der Waals surface area contributed by atoms with Crippen molar-refractivity contribution in [3.63, 3.8) is 0 Å². The maximum Gasteiger partial charge on any atom is 0.0604 e. The fourth-order valence-corrected chi connectivity index (χ4v) is 6.03. The van der Waals surface area contributed by atoms with Gasteiger partial charge >= 0.3 is 0 Å². The zero-order valence-electron chi connectivity index (χ0n) is 7.89. The fourth-order valence-electron chi connectivity index (χ4n) is 1.04. The van der Waals surface area contributed by atoms with E-state index >= 15 is 0 Å². The molecule has 3 heteroatoms. The predicted octanol–water partition coefficient (Wildman–Crippen LogP) is 1.47. The lowest BCUT2D eigenvalue weighted by Crippen LogP contribution is -2.52. The minimum Gasteiger partial charge on any atom is -0.0716 e. The van der Waals surface area contributed by atoms with Crippen LogP contribution in [0.3, 0.4) is 0 Å². The van der Waals surface area contributed by atoms with Crippen molar-refractivity contribution in [1.82, 2.24) is 0 Å². The molecule has 1 rings (SSSR count). The second-order valence-corrected chi connectivity index (χ2v) is 18.8. The van der Waals surface area contributed by atoms with Gasteiger partial charge in [0.2, 0.25) is 0 Å². The van der Waals surface area contributed by atoms with Crippen LogP contribution in [0.2, 0.25) is 19.6 Å². The van der Waals surface area contributed by atoms with Crippen molar-refractivity contribution in [2.75, 3.05) is 0 Å². The highest BCUT2D eigenvalue weighted by atomic mass is 29.6. The van der Waals surface area contributed by atoms with Gasteiger partial charge in [0.05, 0.1) is 7.83 Å². The van der Waals surface area contributed by atoms with Gasteiger partial charge in [-0.15, -0.1) is 0 Å². The molecule has 0 aliphatic rings. The maximum atomic E-state index is 3.92. The molecule has 0 fully saturated rings. The fraction of sp³-hybridized carbons (Fsp3) is 0.333. The lowest BCUT2D eigenvalue weighted by molar-refractivity contribution is 1.76. The van der Waals surface area contributed by atoms with Crippen LogP contribution in [0.4, 0.5) is 0 Å². The lowest BCUT2D eigenvalue weighted by Gasteiger charge is -2.23. The topological polar surface area (TPSA) is 0 Å². The van der Waals surface area contributed by atoms with E-state index in [9.17, 15) is 0 Å². The summed E-state index contributed by atoms with van der Waals surface area (Å²) >= 11 is 0. The normalized spacial score (nSPS) is 12.1. The molecule has 0 unspecified atom stereocenters. The zero-order valence-corrected chi connectivity index (χ0v) is 10.9. The highest BCUT2D eigenvalue weighted by Gasteiger charge is 2.24. The molecule has 62 valence electrons. The van der Waals surface area contributed by atoms with Gasteiger partial charge in [0.25, 0.3) is 0 Å². The van der Waals surface area contributed by atoms with Crippen molar-refractivity contribution in [2.45, 2.75) is 19.6 Å². The van der Waals surface area contributed by atoms with Crippen LogP contribution in [-0.2, 0) is 0 Å². The van der Waals surface area contributed by atoms with E-state index in [1.54, 1.807) is 0 Å². The Hall–Kier alpha value is -0.129. The van der Waals surface area contributed by atoms with Gasteiger partial charge in [-0.3, -0.25) is 0 Å². The molecule has 0 bridgehead atoms. The summed E-state index contributed by atoms with van der Waals surface area (Å²) in [5, 5.41) is 1.51. The number of rotatable bonds is 2. The molecule has 0 aromatic heterocycles. The molecule has 0 N–H and O–H groups in total. The van der Waals surface area contributed by atoms with Gasteiger partial charge in [-0.2, -0.15) is 0 Å². The average molecular weight is 206 g/mol. The van der Waals surface area contributed by atoms with Crippen LogP contribution in [0.15, 0.2) is 30.3 Å². The molecule has 0 amide bonds. The van der Waals surface area contributed by atoms with Crippen molar-refractivity contribution < 1.29 is 0 Å². The van der Waals surface area contributed by atoms with Gasteiger partial charge < -0.3 is 0 Å². The Bertz CT molecular complexity index is 238. The Morgan fingerprint density at radius 2 is 1.58 bits per heavy atom. The summed E-state index contributed by atoms with van der Waals surface area (Å²) in [5.41, 5.74) is 0. The second-order valence-electron chi connectivity index (χ2n) is 3.99. The van der Waals surface area contributed by atoms with E-state index in [1.165, 1.54) is 5.19 Å². The van der Waals surface area contributed by atoms with E-state index < -0.39 is 15.4 Å². The van der Waals surface area contributed by atoms with Crippen LogP contribution in [0.1, 0.15) is 0 Å². The monoisotopic (exact) mass is 206 g/mol. The Kier molecular flexibility index (Phi) is 3.09. The Morgan fingerprint density at radius 3 is 2.00 bits per heavy atom. The highest BCUT2D eigenvalue weighted by Crippen LogP contribution is 2.03. The van der Waals surface area contributed by atoms with E-state index in [-0.39, 0.29) is 0 Å². The summed E-state index contributed by atoms with van der Waals surface area (Å²) in [5.74, 6) is 0. The number of benzene rings is 1. The molecule has 0 saturated carbocycles. The summed E-state index contributed by atoms with van der Waals surface area (Å²) in [4.78, 5) is 0. The molecular weight excluding hydrogens is 192 g/mol. The van der Waals surface area contributed by atoms with Gasteiger partial charge in [-0.05, 0) is 0 Å². The Balaban J connectivity index is 2.86. The molecule has 4 radical (unpaired) electrons. The predicted molar refractivity (Wildman–Crippen MR) is 60.9 cm³/mol. The van der Waals surface area contributed by atoms with Crippen molar-refractivity contribution >= 4 is 30.4 Å². The summed E-state index contributed by atoms with van der Waals surface area (Å²) in [7, 11) is 2.50. The smallest absolute Gasteiger partial charge is 0.0604 e. The van der Waals surface area contributed by atoms with Crippen LogP contribution in [0.25, 0.3) is 0 Å². The third kappa shape index (κ3) is 2.43. The lowest BCUT2D eigenvalue weighted by atomic mass is 10.4. The molecule has 12 heavy (non-hydrogen) atoms. The first-order chi connectivity index (χ1) is 5.52. The van der Waals surface area contributed by atoms with Gasteiger partial charge in [0.1, 0.15) is 0 Å². The summed E-state index contributed by atoms with van der Waals surface area (Å²) in [6.07, 6.45) is 0. The molecule has 1 aromatic carbocycles. The van der Waals surface area contributed by atoms with Gasteiger partial charge in [-0.25, -0.2) is 0 Å². The van der Waals surface area contributed by atoms with Crippen LogP contribution < -0.4 is 5.19 Å². The molecule has 0 heterocycles.